The summed E-state index contributed by atoms with van der Waals surface area (Å²) in [7, 11) is 3.16. The number of carbonyl (C=O) groups is 1. The Morgan fingerprint density at radius 3 is 2.58 bits per heavy atom. The normalized spacial score (nSPS) is 16.2. The van der Waals surface area contributed by atoms with Crippen molar-refractivity contribution in [2.75, 3.05) is 14.2 Å². The lowest BCUT2D eigenvalue weighted by Crippen LogP contribution is -2.38. The van der Waals surface area contributed by atoms with Gasteiger partial charge in [-0.1, -0.05) is 18.2 Å². The third kappa shape index (κ3) is 3.01. The molecule has 0 spiro atoms. The van der Waals surface area contributed by atoms with E-state index in [1.54, 1.807) is 32.4 Å². The molecule has 2 aromatic carbocycles. The second-order valence-electron chi connectivity index (χ2n) is 6.64. The van der Waals surface area contributed by atoms with E-state index >= 15 is 0 Å². The lowest BCUT2D eigenvalue weighted by atomic mass is 9.91. The van der Waals surface area contributed by atoms with Crippen LogP contribution in [0.1, 0.15) is 28.0 Å². The Balaban J connectivity index is 1.52. The largest absolute Gasteiger partial charge is 0.497 e. The predicted octanol–water partition coefficient (Wildman–Crippen LogP) is 3.47. The predicted molar refractivity (Wildman–Crippen MR) is 101 cm³/mol. The van der Waals surface area contributed by atoms with Gasteiger partial charge < -0.3 is 19.8 Å². The van der Waals surface area contributed by atoms with Crippen molar-refractivity contribution >= 4 is 16.8 Å². The van der Waals surface area contributed by atoms with Crippen LogP contribution in [0.3, 0.4) is 0 Å². The molecule has 0 bridgehead atoms. The molecule has 1 amide bonds. The van der Waals surface area contributed by atoms with Gasteiger partial charge in [-0.05, 0) is 36.6 Å². The molecule has 26 heavy (non-hydrogen) atoms. The van der Waals surface area contributed by atoms with E-state index in [2.05, 4.69) is 28.5 Å². The zero-order valence-corrected chi connectivity index (χ0v) is 15.0. The van der Waals surface area contributed by atoms with Gasteiger partial charge in [-0.3, -0.25) is 4.79 Å². The summed E-state index contributed by atoms with van der Waals surface area (Å²) in [5, 5.41) is 4.45. The van der Waals surface area contributed by atoms with E-state index in [0.29, 0.717) is 17.1 Å². The number of hydrogen-bond donors (Lipinski definition) is 2. The molecule has 0 saturated carbocycles. The van der Waals surface area contributed by atoms with Gasteiger partial charge in [0, 0.05) is 40.7 Å². The molecule has 0 aliphatic heterocycles. The van der Waals surface area contributed by atoms with Crippen LogP contribution in [0, 0.1) is 0 Å². The maximum atomic E-state index is 12.7. The summed E-state index contributed by atoms with van der Waals surface area (Å²) in [4.78, 5) is 16.2. The first kappa shape index (κ1) is 16.5. The molecule has 1 aromatic heterocycles. The fourth-order valence-electron chi connectivity index (χ4n) is 3.71. The number of aromatic nitrogens is 1. The van der Waals surface area contributed by atoms with E-state index in [4.69, 9.17) is 9.47 Å². The van der Waals surface area contributed by atoms with Crippen molar-refractivity contribution < 1.29 is 14.3 Å². The first-order chi connectivity index (χ1) is 12.7. The van der Waals surface area contributed by atoms with Gasteiger partial charge in [0.25, 0.3) is 5.91 Å². The minimum atomic E-state index is -0.105. The van der Waals surface area contributed by atoms with Crippen LogP contribution in [0.25, 0.3) is 10.9 Å². The molecule has 1 unspecified atom stereocenters. The number of aryl methyl sites for hydroxylation is 1. The summed E-state index contributed by atoms with van der Waals surface area (Å²) in [5.41, 5.74) is 4.32. The third-order valence-electron chi connectivity index (χ3n) is 5.04. The number of rotatable bonds is 4. The number of para-hydroxylation sites is 1. The topological polar surface area (TPSA) is 63.4 Å². The van der Waals surface area contributed by atoms with E-state index < -0.39 is 0 Å². The quantitative estimate of drug-likeness (QED) is 0.757. The molecule has 3 aromatic rings. The number of carbonyl (C=O) groups excluding carboxylic acids is 1. The molecule has 2 N–H and O–H groups in total. The Bertz CT molecular complexity index is 939. The number of methoxy groups -OCH3 is 2. The number of ether oxygens (including phenoxy) is 2. The summed E-state index contributed by atoms with van der Waals surface area (Å²) < 4.78 is 10.5. The molecule has 0 saturated heterocycles. The van der Waals surface area contributed by atoms with Gasteiger partial charge in [0.1, 0.15) is 11.5 Å². The lowest BCUT2D eigenvalue weighted by molar-refractivity contribution is 0.0933. The first-order valence-corrected chi connectivity index (χ1v) is 8.80. The maximum Gasteiger partial charge on any atom is 0.251 e. The number of H-pyrrole nitrogens is 1. The van der Waals surface area contributed by atoms with Crippen molar-refractivity contribution in [2.24, 2.45) is 0 Å². The van der Waals surface area contributed by atoms with Crippen LogP contribution < -0.4 is 14.8 Å². The monoisotopic (exact) mass is 350 g/mol. The summed E-state index contributed by atoms with van der Waals surface area (Å²) in [5.74, 6) is 1.11. The highest BCUT2D eigenvalue weighted by Crippen LogP contribution is 2.29. The molecular formula is C21H22N2O3. The average molecular weight is 350 g/mol. The van der Waals surface area contributed by atoms with E-state index in [0.717, 1.165) is 19.3 Å². The molecule has 1 atom stereocenters. The molecule has 4 rings (SSSR count). The van der Waals surface area contributed by atoms with Crippen LogP contribution in [0.4, 0.5) is 0 Å². The van der Waals surface area contributed by atoms with Gasteiger partial charge in [0.2, 0.25) is 0 Å². The summed E-state index contributed by atoms with van der Waals surface area (Å²) in [6, 6.07) is 13.7. The van der Waals surface area contributed by atoms with Gasteiger partial charge in [0.05, 0.1) is 14.2 Å². The van der Waals surface area contributed by atoms with Crippen LogP contribution in [0.5, 0.6) is 11.5 Å². The van der Waals surface area contributed by atoms with Gasteiger partial charge in [-0.25, -0.2) is 0 Å². The second-order valence-corrected chi connectivity index (χ2v) is 6.64. The highest BCUT2D eigenvalue weighted by Gasteiger charge is 2.24. The number of fused-ring (bicyclic) bond motifs is 3. The van der Waals surface area contributed by atoms with E-state index in [-0.39, 0.29) is 11.9 Å². The maximum absolute atomic E-state index is 12.7. The summed E-state index contributed by atoms with van der Waals surface area (Å²) in [6.07, 6.45) is 2.71. The number of amides is 1. The van der Waals surface area contributed by atoms with E-state index in [1.165, 1.54) is 22.2 Å². The van der Waals surface area contributed by atoms with E-state index in [1.807, 2.05) is 6.07 Å². The molecule has 0 radical (unpaired) electrons. The van der Waals surface area contributed by atoms with Crippen LogP contribution >= 0.6 is 0 Å². The first-order valence-electron chi connectivity index (χ1n) is 8.80. The summed E-state index contributed by atoms with van der Waals surface area (Å²) >= 11 is 0. The Morgan fingerprint density at radius 1 is 1.12 bits per heavy atom. The minimum Gasteiger partial charge on any atom is -0.497 e. The van der Waals surface area contributed by atoms with Gasteiger partial charge in [-0.15, -0.1) is 0 Å². The van der Waals surface area contributed by atoms with Crippen LogP contribution in [-0.4, -0.2) is 31.2 Å². The zero-order chi connectivity index (χ0) is 18.1. The Morgan fingerprint density at radius 2 is 1.85 bits per heavy atom. The fraction of sp³-hybridized carbons (Fsp3) is 0.286. The number of benzene rings is 2. The van der Waals surface area contributed by atoms with Crippen molar-refractivity contribution in [3.63, 3.8) is 0 Å². The van der Waals surface area contributed by atoms with Crippen molar-refractivity contribution in [3.05, 3.63) is 59.3 Å². The fourth-order valence-corrected chi connectivity index (χ4v) is 3.71. The minimum absolute atomic E-state index is 0.105. The van der Waals surface area contributed by atoms with Crippen molar-refractivity contribution in [1.29, 1.82) is 0 Å². The molecular weight excluding hydrogens is 328 g/mol. The highest BCUT2D eigenvalue weighted by atomic mass is 16.5. The van der Waals surface area contributed by atoms with E-state index in [9.17, 15) is 4.79 Å². The zero-order valence-electron chi connectivity index (χ0n) is 15.0. The SMILES string of the molecule is COc1cc(OC)cc(C(=O)NC2CCc3c([nH]c4ccccc34)C2)c1. The number of aromatic amines is 1. The Hall–Kier alpha value is -2.95. The molecule has 134 valence electrons. The van der Waals surface area contributed by atoms with Crippen molar-refractivity contribution in [3.8, 4) is 11.5 Å². The van der Waals surface area contributed by atoms with Crippen LogP contribution in [0.15, 0.2) is 42.5 Å². The third-order valence-corrected chi connectivity index (χ3v) is 5.04. The molecule has 1 aliphatic rings. The van der Waals surface area contributed by atoms with Gasteiger partial charge >= 0.3 is 0 Å². The van der Waals surface area contributed by atoms with Gasteiger partial charge in [-0.2, -0.15) is 0 Å². The van der Waals surface area contributed by atoms with Crippen LogP contribution in [-0.2, 0) is 12.8 Å². The molecule has 1 heterocycles. The second kappa shape index (κ2) is 6.75. The lowest BCUT2D eigenvalue weighted by Gasteiger charge is -2.23. The average Bonchev–Trinajstić information content (AvgIpc) is 3.05. The molecule has 1 aliphatic carbocycles. The smallest absolute Gasteiger partial charge is 0.251 e. The van der Waals surface area contributed by atoms with Crippen molar-refractivity contribution in [2.45, 2.75) is 25.3 Å². The number of nitrogens with one attached hydrogen (secondary N) is 2. The highest BCUT2D eigenvalue weighted by molar-refractivity contribution is 5.95. The van der Waals surface area contributed by atoms with Crippen molar-refractivity contribution in [1.82, 2.24) is 10.3 Å². The summed E-state index contributed by atoms with van der Waals surface area (Å²) in [6.45, 7) is 0. The molecule has 0 fully saturated rings. The molecule has 5 nitrogen and oxygen atoms in total. The standard InChI is InChI=1S/C21H22N2O3/c1-25-15-9-13(10-16(12-15)26-2)21(24)22-14-7-8-18-17-5-3-4-6-19(17)23-20(18)11-14/h3-6,9-10,12,14,23H,7-8,11H2,1-2H3,(H,22,24). The van der Waals surface area contributed by atoms with Gasteiger partial charge in [0.15, 0.2) is 0 Å². The Kier molecular flexibility index (Phi) is 4.29. The Labute approximate surface area is 152 Å². The number of hydrogen-bond acceptors (Lipinski definition) is 3. The molecule has 5 heteroatoms. The van der Waals surface area contributed by atoms with Crippen LogP contribution in [0.2, 0.25) is 0 Å².